The Bertz CT molecular complexity index is 1430. The van der Waals surface area contributed by atoms with Crippen molar-refractivity contribution in [3.05, 3.63) is 36.4 Å². The summed E-state index contributed by atoms with van der Waals surface area (Å²) in [6, 6.07) is -7.35. The molecule has 20 nitrogen and oxygen atoms in total. The minimum absolute atomic E-state index is 0.0135. The van der Waals surface area contributed by atoms with E-state index in [1.54, 1.807) is 13.8 Å². The summed E-state index contributed by atoms with van der Waals surface area (Å²) in [6.07, 6.45) is 6.54. The second-order valence-corrected chi connectivity index (χ2v) is 12.6. The summed E-state index contributed by atoms with van der Waals surface area (Å²) in [5, 5.41) is 34.1. The second-order valence-electron chi connectivity index (χ2n) is 12.6. The van der Waals surface area contributed by atoms with Crippen LogP contribution in [-0.2, 0) is 46.4 Å². The van der Waals surface area contributed by atoms with E-state index in [9.17, 15) is 43.8 Å². The number of carbonyl (C=O) groups is 7. The molecule has 0 fully saturated rings. The first-order valence-corrected chi connectivity index (χ1v) is 16.3. The largest absolute Gasteiger partial charge is 0.394 e. The van der Waals surface area contributed by atoms with Gasteiger partial charge in [-0.05, 0) is 18.3 Å². The summed E-state index contributed by atoms with van der Waals surface area (Å²) in [5.74, 6) is -5.13. The molecule has 2 aromatic rings. The maximum absolute atomic E-state index is 13.3. The van der Waals surface area contributed by atoms with Gasteiger partial charge in [0.2, 0.25) is 35.4 Å². The standard InChI is InChI=1S/C31H49N11O9/c1-16(2)5-21(29(49)40-23(11-43)17(3)4)38-26(46)10-35-28(48)24(12-44)41-31(51)25(13-45)42-30(50)22(7-19-9-34-15-37-19)39-27(47)20(32)6-18-8-33-14-36-18/h8-9,11,14-17,20-25,44-45H,5-7,10,12-13,32H2,1-4H3,(H,33,36)(H,34,37)(H,35,48)(H,38,46)(H,39,47)(H,40,49)(H,41,51)(H,42,50)/t20-,21-,22-,23+,24-,25-/m0/s1. The summed E-state index contributed by atoms with van der Waals surface area (Å²) < 4.78 is 0. The lowest BCUT2D eigenvalue weighted by Gasteiger charge is -2.25. The van der Waals surface area contributed by atoms with Gasteiger partial charge in [0.05, 0.1) is 44.5 Å². The lowest BCUT2D eigenvalue weighted by molar-refractivity contribution is -0.135. The lowest BCUT2D eigenvalue weighted by Crippen LogP contribution is -2.60. The maximum Gasteiger partial charge on any atom is 0.245 e. The number of H-pyrrole nitrogens is 2. The Morgan fingerprint density at radius 1 is 0.725 bits per heavy atom. The van der Waals surface area contributed by atoms with E-state index in [2.05, 4.69) is 51.8 Å². The number of nitrogens with zero attached hydrogens (tertiary/aromatic N) is 2. The molecule has 6 atom stereocenters. The van der Waals surface area contributed by atoms with Gasteiger partial charge in [-0.1, -0.05) is 27.7 Å². The van der Waals surface area contributed by atoms with Crippen molar-refractivity contribution in [3.8, 4) is 0 Å². The highest BCUT2D eigenvalue weighted by Crippen LogP contribution is 2.07. The molecule has 6 amide bonds. The zero-order valence-electron chi connectivity index (χ0n) is 29.0. The van der Waals surface area contributed by atoms with Gasteiger partial charge in [0, 0.05) is 36.6 Å². The van der Waals surface area contributed by atoms with Crippen molar-refractivity contribution >= 4 is 41.7 Å². The molecule has 0 saturated carbocycles. The van der Waals surface area contributed by atoms with E-state index in [4.69, 9.17) is 5.73 Å². The number of aromatic nitrogens is 4. The molecule has 20 heteroatoms. The lowest BCUT2D eigenvalue weighted by atomic mass is 10.0. The smallest absolute Gasteiger partial charge is 0.245 e. The number of carbonyl (C=O) groups excluding carboxylic acids is 7. The van der Waals surface area contributed by atoms with Crippen molar-refractivity contribution in [1.82, 2.24) is 51.8 Å². The molecular formula is C31H49N11O9. The van der Waals surface area contributed by atoms with Crippen LogP contribution in [0.4, 0.5) is 0 Å². The molecule has 0 radical (unpaired) electrons. The van der Waals surface area contributed by atoms with Crippen molar-refractivity contribution in [3.63, 3.8) is 0 Å². The van der Waals surface area contributed by atoms with Gasteiger partial charge >= 0.3 is 0 Å². The third-order valence-corrected chi connectivity index (χ3v) is 7.53. The van der Waals surface area contributed by atoms with E-state index in [0.29, 0.717) is 17.7 Å². The highest BCUT2D eigenvalue weighted by Gasteiger charge is 2.31. The third kappa shape index (κ3) is 14.3. The average molecular weight is 720 g/mol. The molecule has 2 rings (SSSR count). The SMILES string of the molecule is CC(C)C[C@H](NC(=O)CNC(=O)[C@H](CO)NC(=O)[C@H](CO)NC(=O)[C@H](Cc1cnc[nH]1)NC(=O)[C@@H](N)Cc1cnc[nH]1)C(=O)N[C@H](C=O)C(C)C. The molecule has 0 aliphatic heterocycles. The highest BCUT2D eigenvalue weighted by atomic mass is 16.3. The number of hydrogen-bond donors (Lipinski definition) is 11. The number of rotatable bonds is 22. The maximum atomic E-state index is 13.3. The van der Waals surface area contributed by atoms with Crippen LogP contribution in [0.25, 0.3) is 0 Å². The number of amides is 6. The number of hydrogen-bond acceptors (Lipinski definition) is 12. The van der Waals surface area contributed by atoms with Crippen LogP contribution in [0.3, 0.4) is 0 Å². The van der Waals surface area contributed by atoms with Gasteiger partial charge in [-0.15, -0.1) is 0 Å². The number of aliphatic hydroxyl groups is 2. The van der Waals surface area contributed by atoms with Crippen LogP contribution in [0.2, 0.25) is 0 Å². The monoisotopic (exact) mass is 719 g/mol. The molecular weight excluding hydrogens is 670 g/mol. The van der Waals surface area contributed by atoms with Crippen molar-refractivity contribution in [2.45, 2.75) is 83.2 Å². The van der Waals surface area contributed by atoms with Crippen LogP contribution in [0, 0.1) is 11.8 Å². The normalized spacial score (nSPS) is 14.7. The zero-order valence-corrected chi connectivity index (χ0v) is 29.0. The number of aliphatic hydroxyl groups excluding tert-OH is 2. The Labute approximate surface area is 294 Å². The van der Waals surface area contributed by atoms with Gasteiger partial charge in [0.25, 0.3) is 0 Å². The van der Waals surface area contributed by atoms with Gasteiger partial charge in [0.1, 0.15) is 30.5 Å². The van der Waals surface area contributed by atoms with E-state index < -0.39 is 91.5 Å². The number of aldehydes is 1. The van der Waals surface area contributed by atoms with Crippen LogP contribution in [0.1, 0.15) is 45.5 Å². The fraction of sp³-hybridized carbons (Fsp3) is 0.581. The van der Waals surface area contributed by atoms with E-state index in [1.807, 2.05) is 13.8 Å². The summed E-state index contributed by atoms with van der Waals surface area (Å²) in [6.45, 7) is 4.69. The van der Waals surface area contributed by atoms with E-state index in [-0.39, 0.29) is 31.1 Å². The van der Waals surface area contributed by atoms with Gasteiger partial charge in [-0.25, -0.2) is 9.97 Å². The minimum atomic E-state index is -1.63. The Morgan fingerprint density at radius 3 is 1.73 bits per heavy atom. The zero-order chi connectivity index (χ0) is 38.1. The first-order valence-electron chi connectivity index (χ1n) is 16.3. The first-order chi connectivity index (χ1) is 24.2. The minimum Gasteiger partial charge on any atom is -0.394 e. The van der Waals surface area contributed by atoms with Crippen LogP contribution in [0.5, 0.6) is 0 Å². The van der Waals surface area contributed by atoms with Crippen molar-refractivity contribution < 1.29 is 43.8 Å². The molecule has 282 valence electrons. The molecule has 0 aliphatic rings. The number of aromatic amines is 2. The molecule has 0 unspecified atom stereocenters. The fourth-order valence-electron chi connectivity index (χ4n) is 4.62. The number of nitrogens with two attached hydrogens (primary N) is 1. The van der Waals surface area contributed by atoms with Crippen molar-refractivity contribution in [2.24, 2.45) is 17.6 Å². The van der Waals surface area contributed by atoms with Crippen molar-refractivity contribution in [2.75, 3.05) is 19.8 Å². The molecule has 0 bridgehead atoms. The van der Waals surface area contributed by atoms with E-state index in [0.717, 1.165) is 0 Å². The Balaban J connectivity index is 2.01. The van der Waals surface area contributed by atoms with Crippen LogP contribution in [-0.4, -0.2) is 128 Å². The number of nitrogens with one attached hydrogen (secondary N) is 8. The summed E-state index contributed by atoms with van der Waals surface area (Å²) in [4.78, 5) is 102. The number of imidazole rings is 2. The molecule has 2 aromatic heterocycles. The van der Waals surface area contributed by atoms with Gasteiger partial charge < -0.3 is 62.6 Å². The predicted octanol–water partition coefficient (Wildman–Crippen LogP) is -4.33. The van der Waals surface area contributed by atoms with Gasteiger partial charge in [-0.3, -0.25) is 28.8 Å². The van der Waals surface area contributed by atoms with Crippen LogP contribution in [0.15, 0.2) is 25.0 Å². The highest BCUT2D eigenvalue weighted by molar-refractivity contribution is 5.96. The Hall–Kier alpha value is -5.21. The van der Waals surface area contributed by atoms with Gasteiger partial charge in [-0.2, -0.15) is 0 Å². The molecule has 0 spiro atoms. The summed E-state index contributed by atoms with van der Waals surface area (Å²) in [5.41, 5.74) is 7.05. The van der Waals surface area contributed by atoms with Crippen LogP contribution < -0.4 is 37.6 Å². The quantitative estimate of drug-likeness (QED) is 0.0515. The van der Waals surface area contributed by atoms with Crippen LogP contribution >= 0.6 is 0 Å². The summed E-state index contributed by atoms with van der Waals surface area (Å²) in [7, 11) is 0. The molecule has 51 heavy (non-hydrogen) atoms. The van der Waals surface area contributed by atoms with E-state index in [1.165, 1.54) is 25.0 Å². The third-order valence-electron chi connectivity index (χ3n) is 7.53. The first kappa shape index (κ1) is 42.0. The molecule has 0 aromatic carbocycles. The summed E-state index contributed by atoms with van der Waals surface area (Å²) >= 11 is 0. The van der Waals surface area contributed by atoms with Crippen molar-refractivity contribution in [1.29, 1.82) is 0 Å². The van der Waals surface area contributed by atoms with E-state index >= 15 is 0 Å². The van der Waals surface area contributed by atoms with Gasteiger partial charge in [0.15, 0.2) is 0 Å². The second kappa shape index (κ2) is 21.1. The average Bonchev–Trinajstić information content (AvgIpc) is 3.80. The molecule has 0 aliphatic carbocycles. The molecule has 0 saturated heterocycles. The topological polar surface area (TPSA) is 316 Å². The molecule has 12 N–H and O–H groups in total. The Morgan fingerprint density at radius 2 is 1.24 bits per heavy atom. The molecule has 2 heterocycles. The Kier molecular flexibility index (Phi) is 17.4. The fourth-order valence-corrected chi connectivity index (χ4v) is 4.62. The predicted molar refractivity (Wildman–Crippen MR) is 180 cm³/mol.